The largest absolute Gasteiger partial charge is 0.411 e. The summed E-state index contributed by atoms with van der Waals surface area (Å²) >= 11 is 0. The van der Waals surface area contributed by atoms with Crippen molar-refractivity contribution in [2.24, 2.45) is 57.9 Å². The Kier molecular flexibility index (Phi) is 3.36. The van der Waals surface area contributed by atoms with Crippen molar-refractivity contribution < 1.29 is 14.7 Å². The molecular weight excluding hydrogens is 362 g/mol. The van der Waals surface area contributed by atoms with Gasteiger partial charge in [0.25, 0.3) is 0 Å². The molecule has 0 saturated heterocycles. The van der Waals surface area contributed by atoms with Crippen molar-refractivity contribution in [3.8, 4) is 0 Å². The highest BCUT2D eigenvalue weighted by molar-refractivity contribution is 5.96. The van der Waals surface area contributed by atoms with E-state index in [1.807, 2.05) is 0 Å². The number of oxime groups is 1. The van der Waals surface area contributed by atoms with Gasteiger partial charge in [0.05, 0.1) is 11.3 Å². The average Bonchev–Trinajstić information content (AvgIpc) is 3.68. The molecule has 7 aliphatic rings. The fourth-order valence-electron chi connectivity index (χ4n) is 9.69. The van der Waals surface area contributed by atoms with Crippen LogP contribution in [0.15, 0.2) is 29.0 Å². The standard InChI is InChI=1S/C25H33NO3/c1-3-24-8-6-15-14-5-4-13(26-27)10-16(14)17-11-18(17)22(15)23(24)19-12-20(19)25(24)9-7-21(28-2)29-25/h7,9-10,14-15,17-23,27H,3-6,8,11-12H2,1-2H3/b26-13+/t14-,15?,17-,18-,19-,20+,21?,22?,23?,24+,25+/m1/s1. The van der Waals surface area contributed by atoms with Crippen LogP contribution in [0.25, 0.3) is 0 Å². The molecule has 156 valence electrons. The highest BCUT2D eigenvalue weighted by Crippen LogP contribution is 2.81. The summed E-state index contributed by atoms with van der Waals surface area (Å²) in [6.45, 7) is 2.43. The lowest BCUT2D eigenvalue weighted by Gasteiger charge is -2.58. The molecule has 0 bridgehead atoms. The van der Waals surface area contributed by atoms with E-state index in [0.717, 1.165) is 59.5 Å². The number of nitrogens with zero attached hydrogens (tertiary/aromatic N) is 1. The minimum Gasteiger partial charge on any atom is -0.411 e. The number of hydrogen-bond donors (Lipinski definition) is 1. The number of fused-ring (bicyclic) bond motifs is 12. The molecular formula is C25H33NO3. The van der Waals surface area contributed by atoms with E-state index in [2.05, 4.69) is 30.3 Å². The first-order chi connectivity index (χ1) is 14.2. The summed E-state index contributed by atoms with van der Waals surface area (Å²) < 4.78 is 12.4. The SMILES string of the molecule is CC[C@]12CCC3C(C1[C@@H]1C[C@@H]1[C@@]21C=CC(OC)O1)[C@@H]1C[C@@H]1C1=C/C(=N/O)CC[C@@H]13. The Morgan fingerprint density at radius 1 is 1.21 bits per heavy atom. The van der Waals surface area contributed by atoms with E-state index in [-0.39, 0.29) is 11.9 Å². The maximum atomic E-state index is 9.32. The van der Waals surface area contributed by atoms with Gasteiger partial charge in [0.1, 0.15) is 0 Å². The summed E-state index contributed by atoms with van der Waals surface area (Å²) in [4.78, 5) is 0. The van der Waals surface area contributed by atoms with Crippen LogP contribution in [0.3, 0.4) is 0 Å². The van der Waals surface area contributed by atoms with Crippen LogP contribution >= 0.6 is 0 Å². The second kappa shape index (κ2) is 5.56. The highest BCUT2D eigenvalue weighted by Gasteiger charge is 2.79. The molecule has 0 radical (unpaired) electrons. The topological polar surface area (TPSA) is 51.0 Å². The molecule has 5 saturated carbocycles. The van der Waals surface area contributed by atoms with E-state index in [9.17, 15) is 5.21 Å². The van der Waals surface area contributed by atoms with E-state index in [1.165, 1.54) is 38.5 Å². The molecule has 6 aliphatic carbocycles. The number of rotatable bonds is 2. The number of ether oxygens (including phenoxy) is 2. The van der Waals surface area contributed by atoms with Gasteiger partial charge in [0.2, 0.25) is 0 Å². The Balaban J connectivity index is 1.29. The summed E-state index contributed by atoms with van der Waals surface area (Å²) in [7, 11) is 1.77. The molecule has 1 aliphatic heterocycles. The third kappa shape index (κ3) is 1.93. The lowest BCUT2D eigenvalue weighted by molar-refractivity contribution is -0.210. The maximum Gasteiger partial charge on any atom is 0.177 e. The van der Waals surface area contributed by atoms with Crippen molar-refractivity contribution in [3.05, 3.63) is 23.8 Å². The van der Waals surface area contributed by atoms with E-state index < -0.39 is 0 Å². The fraction of sp³-hybridized carbons (Fsp3) is 0.800. The smallest absolute Gasteiger partial charge is 0.177 e. The maximum absolute atomic E-state index is 9.32. The Morgan fingerprint density at radius 2 is 2.10 bits per heavy atom. The van der Waals surface area contributed by atoms with Crippen molar-refractivity contribution in [2.75, 3.05) is 7.11 Å². The molecule has 29 heavy (non-hydrogen) atoms. The predicted octanol–water partition coefficient (Wildman–Crippen LogP) is 4.79. The minimum absolute atomic E-state index is 0.0630. The van der Waals surface area contributed by atoms with Crippen molar-refractivity contribution in [3.63, 3.8) is 0 Å². The number of allylic oxidation sites excluding steroid dienone is 2. The predicted molar refractivity (Wildman–Crippen MR) is 109 cm³/mol. The molecule has 1 heterocycles. The van der Waals surface area contributed by atoms with E-state index in [1.54, 1.807) is 12.7 Å². The number of methoxy groups -OCH3 is 1. The van der Waals surface area contributed by atoms with Crippen LogP contribution in [0, 0.1) is 52.8 Å². The molecule has 0 aromatic heterocycles. The molecule has 0 aromatic rings. The zero-order chi connectivity index (χ0) is 19.5. The lowest BCUT2D eigenvalue weighted by atomic mass is 9.48. The number of hydrogen-bond acceptors (Lipinski definition) is 4. The molecule has 5 fully saturated rings. The quantitative estimate of drug-likeness (QED) is 0.415. The molecule has 0 amide bonds. The van der Waals surface area contributed by atoms with Crippen LogP contribution in [0.4, 0.5) is 0 Å². The minimum atomic E-state index is -0.153. The summed E-state index contributed by atoms with van der Waals surface area (Å²) in [6, 6.07) is 0. The Bertz CT molecular complexity index is 847. The Morgan fingerprint density at radius 3 is 2.86 bits per heavy atom. The van der Waals surface area contributed by atoms with E-state index in [0.29, 0.717) is 5.41 Å². The summed E-state index contributed by atoms with van der Waals surface area (Å²) in [5.74, 6) is 6.53. The molecule has 4 heteroatoms. The van der Waals surface area contributed by atoms with Crippen LogP contribution in [0.2, 0.25) is 0 Å². The van der Waals surface area contributed by atoms with Gasteiger partial charge in [0.15, 0.2) is 6.29 Å². The van der Waals surface area contributed by atoms with Gasteiger partial charge in [-0.15, -0.1) is 0 Å². The van der Waals surface area contributed by atoms with Crippen molar-refractivity contribution in [1.82, 2.24) is 0 Å². The fourth-order valence-corrected chi connectivity index (χ4v) is 9.69. The molecule has 1 N–H and O–H groups in total. The van der Waals surface area contributed by atoms with Crippen LogP contribution in [-0.4, -0.2) is 29.9 Å². The third-order valence-corrected chi connectivity index (χ3v) is 10.7. The van der Waals surface area contributed by atoms with Crippen LogP contribution in [0.1, 0.15) is 51.9 Å². The summed E-state index contributed by atoms with van der Waals surface area (Å²) in [5.41, 5.74) is 2.81. The lowest BCUT2D eigenvalue weighted by Crippen LogP contribution is -2.57. The van der Waals surface area contributed by atoms with Gasteiger partial charge in [-0.1, -0.05) is 23.7 Å². The monoisotopic (exact) mass is 395 g/mol. The van der Waals surface area contributed by atoms with Crippen LogP contribution in [-0.2, 0) is 9.47 Å². The van der Waals surface area contributed by atoms with Gasteiger partial charge in [-0.25, -0.2) is 0 Å². The zero-order valence-electron chi connectivity index (χ0n) is 17.6. The van der Waals surface area contributed by atoms with E-state index >= 15 is 0 Å². The van der Waals surface area contributed by atoms with Crippen molar-refractivity contribution in [2.45, 2.75) is 63.8 Å². The van der Waals surface area contributed by atoms with E-state index in [4.69, 9.17) is 9.47 Å². The van der Waals surface area contributed by atoms with Gasteiger partial charge in [-0.2, -0.15) is 0 Å². The van der Waals surface area contributed by atoms with Gasteiger partial charge >= 0.3 is 0 Å². The zero-order valence-corrected chi connectivity index (χ0v) is 17.6. The first kappa shape index (κ1) is 17.5. The molecule has 4 nitrogen and oxygen atoms in total. The second-order valence-electron chi connectivity index (χ2n) is 11.1. The Hall–Kier alpha value is -1.13. The van der Waals surface area contributed by atoms with Crippen LogP contribution in [0.5, 0.6) is 0 Å². The molecule has 4 unspecified atom stereocenters. The summed E-state index contributed by atoms with van der Waals surface area (Å²) in [5, 5.41) is 12.9. The first-order valence-corrected chi connectivity index (χ1v) is 12.0. The highest BCUT2D eigenvalue weighted by atomic mass is 16.7. The van der Waals surface area contributed by atoms with Crippen molar-refractivity contribution >= 4 is 5.71 Å². The average molecular weight is 396 g/mol. The normalized spacial score (nSPS) is 59.6. The molecule has 1 spiro atoms. The first-order valence-electron chi connectivity index (χ1n) is 12.0. The van der Waals surface area contributed by atoms with Gasteiger partial charge < -0.3 is 14.7 Å². The van der Waals surface area contributed by atoms with Crippen molar-refractivity contribution in [1.29, 1.82) is 0 Å². The van der Waals surface area contributed by atoms with Gasteiger partial charge in [-0.05, 0) is 104 Å². The molecule has 7 rings (SSSR count). The van der Waals surface area contributed by atoms with Gasteiger partial charge in [0, 0.05) is 12.5 Å². The third-order valence-electron chi connectivity index (χ3n) is 10.7. The van der Waals surface area contributed by atoms with Gasteiger partial charge in [-0.3, -0.25) is 0 Å². The second-order valence-corrected chi connectivity index (χ2v) is 11.1. The van der Waals surface area contributed by atoms with Crippen LogP contribution < -0.4 is 0 Å². The molecule has 0 aromatic carbocycles. The summed E-state index contributed by atoms with van der Waals surface area (Å²) in [6.07, 6.45) is 15.5. The molecule has 11 atom stereocenters. The Labute approximate surface area is 173 Å².